The van der Waals surface area contributed by atoms with E-state index in [1.54, 1.807) is 36.4 Å². The van der Waals surface area contributed by atoms with E-state index < -0.39 is 17.8 Å². The highest BCUT2D eigenvalue weighted by atomic mass is 32.1. The molecule has 3 aromatic rings. The van der Waals surface area contributed by atoms with Gasteiger partial charge in [0.1, 0.15) is 5.75 Å². The number of ether oxygens (including phenoxy) is 1. The molecule has 0 saturated heterocycles. The van der Waals surface area contributed by atoms with Crippen molar-refractivity contribution < 1.29 is 27.5 Å². The van der Waals surface area contributed by atoms with Crippen LogP contribution in [0.5, 0.6) is 5.75 Å². The molecule has 172 valence electrons. The summed E-state index contributed by atoms with van der Waals surface area (Å²) in [6.07, 6.45) is -4.80. The molecule has 0 radical (unpaired) electrons. The molecule has 1 N–H and O–H groups in total. The zero-order chi connectivity index (χ0) is 23.6. The Kier molecular flexibility index (Phi) is 6.42. The molecule has 0 spiro atoms. The summed E-state index contributed by atoms with van der Waals surface area (Å²) in [5, 5.41) is 4.63. The minimum atomic E-state index is -4.46. The third kappa shape index (κ3) is 5.19. The molecule has 1 aliphatic heterocycles. The van der Waals surface area contributed by atoms with Crippen LogP contribution in [0.2, 0.25) is 0 Å². The molecule has 0 saturated carbocycles. The van der Waals surface area contributed by atoms with Gasteiger partial charge in [-0.25, -0.2) is 0 Å². The van der Waals surface area contributed by atoms with Gasteiger partial charge in [0.05, 0.1) is 10.4 Å². The molecule has 0 aliphatic carbocycles. The number of carbonyl (C=O) groups excluding carboxylic acids is 2. The molecule has 2 heterocycles. The number of anilines is 1. The van der Waals surface area contributed by atoms with E-state index in [2.05, 4.69) is 5.32 Å². The van der Waals surface area contributed by atoms with Gasteiger partial charge in [-0.1, -0.05) is 25.1 Å². The van der Waals surface area contributed by atoms with Gasteiger partial charge < -0.3 is 15.0 Å². The molecule has 2 aromatic carbocycles. The summed E-state index contributed by atoms with van der Waals surface area (Å²) in [5.41, 5.74) is 0.815. The molecule has 0 unspecified atom stereocenters. The second-order valence-corrected chi connectivity index (χ2v) is 8.61. The minimum absolute atomic E-state index is 0.00777. The number of thiophene rings is 1. The molecule has 0 fully saturated rings. The van der Waals surface area contributed by atoms with E-state index in [9.17, 15) is 22.8 Å². The van der Waals surface area contributed by atoms with Crippen molar-refractivity contribution in [1.29, 1.82) is 0 Å². The molecule has 1 aromatic heterocycles. The topological polar surface area (TPSA) is 58.6 Å². The first-order valence-corrected chi connectivity index (χ1v) is 11.2. The number of fused-ring (bicyclic) bond motifs is 1. The molecule has 1 aliphatic rings. The van der Waals surface area contributed by atoms with Crippen LogP contribution in [-0.2, 0) is 24.1 Å². The van der Waals surface area contributed by atoms with Crippen molar-refractivity contribution in [2.75, 3.05) is 5.32 Å². The number of nitrogens with one attached hydrogen (secondary N) is 1. The van der Waals surface area contributed by atoms with E-state index in [0.717, 1.165) is 12.1 Å². The highest BCUT2D eigenvalue weighted by Gasteiger charge is 2.32. The predicted octanol–water partition coefficient (Wildman–Crippen LogP) is 5.72. The third-order valence-electron chi connectivity index (χ3n) is 5.28. The zero-order valence-electron chi connectivity index (χ0n) is 17.7. The smallest absolute Gasteiger partial charge is 0.416 e. The Labute approximate surface area is 192 Å². The first-order chi connectivity index (χ1) is 15.7. The lowest BCUT2D eigenvalue weighted by molar-refractivity contribution is -0.139. The van der Waals surface area contributed by atoms with Crippen molar-refractivity contribution in [3.05, 3.63) is 81.5 Å². The monoisotopic (exact) mass is 474 g/mol. The van der Waals surface area contributed by atoms with Crippen LogP contribution in [0.4, 0.5) is 18.9 Å². The maximum atomic E-state index is 13.1. The van der Waals surface area contributed by atoms with E-state index >= 15 is 0 Å². The maximum absolute atomic E-state index is 13.1. The van der Waals surface area contributed by atoms with Gasteiger partial charge in [0.15, 0.2) is 6.10 Å². The molecule has 9 heteroatoms. The van der Waals surface area contributed by atoms with Crippen LogP contribution < -0.4 is 10.1 Å². The Hall–Kier alpha value is -3.33. The fourth-order valence-electron chi connectivity index (χ4n) is 3.65. The Morgan fingerprint density at radius 3 is 2.70 bits per heavy atom. The molecule has 2 amide bonds. The van der Waals surface area contributed by atoms with Crippen molar-refractivity contribution in [2.24, 2.45) is 0 Å². The lowest BCUT2D eigenvalue weighted by Crippen LogP contribution is -2.38. The lowest BCUT2D eigenvalue weighted by atomic mass is 10.1. The first-order valence-electron chi connectivity index (χ1n) is 10.3. The quantitative estimate of drug-likeness (QED) is 0.515. The Balaban J connectivity index is 1.60. The third-order valence-corrected chi connectivity index (χ3v) is 6.15. The second kappa shape index (κ2) is 9.27. The molecule has 1 atom stereocenters. The van der Waals surface area contributed by atoms with Crippen LogP contribution in [0.15, 0.2) is 60.0 Å². The van der Waals surface area contributed by atoms with Crippen molar-refractivity contribution in [3.63, 3.8) is 0 Å². The predicted molar refractivity (Wildman–Crippen MR) is 119 cm³/mol. The van der Waals surface area contributed by atoms with Crippen molar-refractivity contribution in [1.82, 2.24) is 4.90 Å². The zero-order valence-corrected chi connectivity index (χ0v) is 18.5. The molecule has 33 heavy (non-hydrogen) atoms. The van der Waals surface area contributed by atoms with Crippen LogP contribution in [-0.4, -0.2) is 22.8 Å². The van der Waals surface area contributed by atoms with Crippen LogP contribution in [0.3, 0.4) is 0 Å². The Morgan fingerprint density at radius 1 is 1.18 bits per heavy atom. The summed E-state index contributed by atoms with van der Waals surface area (Å²) < 4.78 is 45.3. The number of rotatable bonds is 5. The number of amides is 2. The first kappa shape index (κ1) is 22.8. The fraction of sp³-hybridized carbons (Fsp3) is 0.250. The fourth-order valence-corrected chi connectivity index (χ4v) is 4.26. The summed E-state index contributed by atoms with van der Waals surface area (Å²) in [6, 6.07) is 13.6. The molecular weight excluding hydrogens is 453 g/mol. The van der Waals surface area contributed by atoms with Gasteiger partial charge in [-0.15, -0.1) is 11.3 Å². The van der Waals surface area contributed by atoms with E-state index in [4.69, 9.17) is 4.74 Å². The maximum Gasteiger partial charge on any atom is 0.416 e. The summed E-state index contributed by atoms with van der Waals surface area (Å²) in [7, 11) is 0. The van der Waals surface area contributed by atoms with Gasteiger partial charge in [-0.05, 0) is 53.8 Å². The van der Waals surface area contributed by atoms with E-state index in [0.29, 0.717) is 33.9 Å². The normalized spacial score (nSPS) is 16.1. The summed E-state index contributed by atoms with van der Waals surface area (Å²) in [5.74, 6) is -0.0334. The number of carbonyl (C=O) groups is 2. The lowest BCUT2D eigenvalue weighted by Gasteiger charge is -2.23. The van der Waals surface area contributed by atoms with Crippen LogP contribution in [0, 0.1) is 0 Å². The summed E-state index contributed by atoms with van der Waals surface area (Å²) in [6.45, 7) is 1.96. The van der Waals surface area contributed by atoms with Crippen LogP contribution >= 0.6 is 11.3 Å². The van der Waals surface area contributed by atoms with Gasteiger partial charge in [0.2, 0.25) is 0 Å². The minimum Gasteiger partial charge on any atom is -0.480 e. The summed E-state index contributed by atoms with van der Waals surface area (Å²) in [4.78, 5) is 27.5. The number of alkyl halides is 3. The standard InChI is InChI=1S/C24H21F3N2O3S/c1-2-19-23(31)29(13-15-5-3-6-17(11-15)24(25,26)27)14-16-12-18(8-9-20(16)32-19)28-22(30)21-7-4-10-33-21/h3-12,19H,2,13-14H2,1H3,(H,28,30)/t19-/m0/s1. The average Bonchev–Trinajstić information content (AvgIpc) is 3.28. The molecule has 4 rings (SSSR count). The Morgan fingerprint density at radius 2 is 2.00 bits per heavy atom. The highest BCUT2D eigenvalue weighted by Crippen LogP contribution is 2.32. The molecule has 5 nitrogen and oxygen atoms in total. The van der Waals surface area contributed by atoms with Crippen molar-refractivity contribution >= 4 is 28.8 Å². The average molecular weight is 475 g/mol. The number of halogens is 3. The number of nitrogens with zero attached hydrogens (tertiary/aromatic N) is 1. The number of benzene rings is 2. The van der Waals surface area contributed by atoms with Gasteiger partial charge in [-0.2, -0.15) is 13.2 Å². The van der Waals surface area contributed by atoms with Crippen molar-refractivity contribution in [3.8, 4) is 5.75 Å². The largest absolute Gasteiger partial charge is 0.480 e. The van der Waals surface area contributed by atoms with Gasteiger partial charge in [0.25, 0.3) is 11.8 Å². The van der Waals surface area contributed by atoms with Crippen LogP contribution in [0.25, 0.3) is 0 Å². The highest BCUT2D eigenvalue weighted by molar-refractivity contribution is 7.12. The van der Waals surface area contributed by atoms with E-state index in [1.165, 1.54) is 22.3 Å². The van der Waals surface area contributed by atoms with E-state index in [-0.39, 0.29) is 24.9 Å². The number of hydrogen-bond acceptors (Lipinski definition) is 4. The van der Waals surface area contributed by atoms with E-state index in [1.807, 2.05) is 12.3 Å². The SMILES string of the molecule is CC[C@@H]1Oc2ccc(NC(=O)c3cccs3)cc2CN(Cc2cccc(C(F)(F)F)c2)C1=O. The van der Waals surface area contributed by atoms with Gasteiger partial charge >= 0.3 is 6.18 Å². The van der Waals surface area contributed by atoms with Gasteiger partial charge in [-0.3, -0.25) is 9.59 Å². The Bertz CT molecular complexity index is 1160. The van der Waals surface area contributed by atoms with Gasteiger partial charge in [0, 0.05) is 24.3 Å². The van der Waals surface area contributed by atoms with Crippen LogP contribution in [0.1, 0.15) is 39.7 Å². The second-order valence-electron chi connectivity index (χ2n) is 7.66. The number of hydrogen-bond donors (Lipinski definition) is 1. The molecule has 0 bridgehead atoms. The summed E-state index contributed by atoms with van der Waals surface area (Å²) >= 11 is 1.32. The molecular formula is C24H21F3N2O3S. The van der Waals surface area contributed by atoms with Crippen molar-refractivity contribution in [2.45, 2.75) is 38.7 Å².